The molecule has 4 rings (SSSR count). The average Bonchev–Trinajstić information content (AvgIpc) is 3.12. The minimum absolute atomic E-state index is 0.135. The van der Waals surface area contributed by atoms with Gasteiger partial charge in [-0.2, -0.15) is 0 Å². The smallest absolute Gasteiger partial charge is 0.230 e. The molecule has 0 saturated carbocycles. The summed E-state index contributed by atoms with van der Waals surface area (Å²) in [5, 5.41) is 6.93. The lowest BCUT2D eigenvalue weighted by Crippen LogP contribution is -2.15. The highest BCUT2D eigenvalue weighted by molar-refractivity contribution is 5.92. The van der Waals surface area contributed by atoms with E-state index in [9.17, 15) is 4.79 Å². The summed E-state index contributed by atoms with van der Waals surface area (Å²) in [4.78, 5) is 12.3. The third-order valence-electron chi connectivity index (χ3n) is 4.38. The Bertz CT molecular complexity index is 994. The lowest BCUT2D eigenvalue weighted by Gasteiger charge is -2.18. The molecule has 0 unspecified atom stereocenters. The second-order valence-corrected chi connectivity index (χ2v) is 6.58. The van der Waals surface area contributed by atoms with Gasteiger partial charge in [0.1, 0.15) is 13.2 Å². The summed E-state index contributed by atoms with van der Waals surface area (Å²) in [6.45, 7) is 5.07. The van der Waals surface area contributed by atoms with Crippen molar-refractivity contribution >= 4 is 11.6 Å². The van der Waals surface area contributed by atoms with Gasteiger partial charge in [-0.3, -0.25) is 4.79 Å². The van der Waals surface area contributed by atoms with Crippen molar-refractivity contribution in [3.8, 4) is 22.8 Å². The Hall–Kier alpha value is -3.28. The minimum atomic E-state index is -0.135. The van der Waals surface area contributed by atoms with Crippen molar-refractivity contribution in [2.45, 2.75) is 20.3 Å². The van der Waals surface area contributed by atoms with Crippen molar-refractivity contribution in [2.75, 3.05) is 18.5 Å². The highest BCUT2D eigenvalue weighted by Crippen LogP contribution is 2.34. The van der Waals surface area contributed by atoms with Crippen LogP contribution in [0.15, 0.2) is 47.0 Å². The Labute approximate surface area is 157 Å². The molecular weight excluding hydrogens is 344 g/mol. The van der Waals surface area contributed by atoms with Crippen LogP contribution in [-0.2, 0) is 11.2 Å². The molecule has 6 heteroatoms. The van der Waals surface area contributed by atoms with Crippen LogP contribution in [0.3, 0.4) is 0 Å². The molecule has 0 aliphatic carbocycles. The monoisotopic (exact) mass is 364 g/mol. The fraction of sp³-hybridized carbons (Fsp3) is 0.238. The molecule has 1 aromatic heterocycles. The van der Waals surface area contributed by atoms with Crippen LogP contribution in [0, 0.1) is 13.8 Å². The number of hydrogen-bond donors (Lipinski definition) is 1. The molecule has 3 aromatic rings. The number of anilines is 1. The number of aryl methyl sites for hydroxylation is 2. The molecule has 1 N–H and O–H groups in total. The largest absolute Gasteiger partial charge is 0.486 e. The van der Waals surface area contributed by atoms with E-state index in [0.717, 1.165) is 28.1 Å². The third kappa shape index (κ3) is 3.79. The Balaban J connectivity index is 1.45. The molecule has 2 aromatic carbocycles. The Morgan fingerprint density at radius 2 is 1.85 bits per heavy atom. The molecule has 6 nitrogen and oxygen atoms in total. The van der Waals surface area contributed by atoms with Gasteiger partial charge in [-0.25, -0.2) is 0 Å². The number of carbonyl (C=O) groups is 1. The second-order valence-electron chi connectivity index (χ2n) is 6.58. The fourth-order valence-corrected chi connectivity index (χ4v) is 3.04. The molecule has 2 heterocycles. The number of nitrogens with one attached hydrogen (secondary N) is 1. The standard InChI is InChI=1S/C21H20N2O4/c1-13-3-5-17(14(2)9-13)22-21(24)12-16-11-19(27-23-16)15-4-6-18-20(10-15)26-8-7-25-18/h3-6,9-11H,7-8,12H2,1-2H3,(H,22,24). The summed E-state index contributed by atoms with van der Waals surface area (Å²) in [6, 6.07) is 13.3. The predicted molar refractivity (Wildman–Crippen MR) is 101 cm³/mol. The van der Waals surface area contributed by atoms with Crippen molar-refractivity contribution in [1.82, 2.24) is 5.16 Å². The minimum Gasteiger partial charge on any atom is -0.486 e. The van der Waals surface area contributed by atoms with Crippen LogP contribution in [0.4, 0.5) is 5.69 Å². The maximum atomic E-state index is 12.3. The summed E-state index contributed by atoms with van der Waals surface area (Å²) >= 11 is 0. The molecule has 0 fully saturated rings. The van der Waals surface area contributed by atoms with E-state index in [2.05, 4.69) is 10.5 Å². The zero-order chi connectivity index (χ0) is 18.8. The maximum absolute atomic E-state index is 12.3. The molecule has 138 valence electrons. The molecular formula is C21H20N2O4. The first-order chi connectivity index (χ1) is 13.1. The van der Waals surface area contributed by atoms with Crippen LogP contribution in [0.1, 0.15) is 16.8 Å². The van der Waals surface area contributed by atoms with Gasteiger partial charge in [0.15, 0.2) is 17.3 Å². The van der Waals surface area contributed by atoms with E-state index in [1.54, 1.807) is 6.07 Å². The molecule has 1 amide bonds. The van der Waals surface area contributed by atoms with Crippen molar-refractivity contribution in [3.63, 3.8) is 0 Å². The maximum Gasteiger partial charge on any atom is 0.230 e. The van der Waals surface area contributed by atoms with E-state index < -0.39 is 0 Å². The van der Waals surface area contributed by atoms with Crippen LogP contribution in [-0.4, -0.2) is 24.3 Å². The highest BCUT2D eigenvalue weighted by atomic mass is 16.6. The van der Waals surface area contributed by atoms with Gasteiger partial charge >= 0.3 is 0 Å². The SMILES string of the molecule is Cc1ccc(NC(=O)Cc2cc(-c3ccc4c(c3)OCCO4)on2)c(C)c1. The topological polar surface area (TPSA) is 73.6 Å². The molecule has 0 radical (unpaired) electrons. The summed E-state index contributed by atoms with van der Waals surface area (Å²) < 4.78 is 16.5. The Morgan fingerprint density at radius 3 is 2.67 bits per heavy atom. The Kier molecular flexibility index (Phi) is 4.54. The summed E-state index contributed by atoms with van der Waals surface area (Å²) in [5.74, 6) is 1.85. The van der Waals surface area contributed by atoms with E-state index >= 15 is 0 Å². The van der Waals surface area contributed by atoms with Crippen LogP contribution in [0.25, 0.3) is 11.3 Å². The summed E-state index contributed by atoms with van der Waals surface area (Å²) in [5.41, 5.74) is 4.39. The second kappa shape index (κ2) is 7.15. The normalized spacial score (nSPS) is 12.7. The molecule has 1 aliphatic heterocycles. The lowest BCUT2D eigenvalue weighted by molar-refractivity contribution is -0.115. The number of hydrogen-bond acceptors (Lipinski definition) is 5. The molecule has 1 aliphatic rings. The number of carbonyl (C=O) groups excluding carboxylic acids is 1. The van der Waals surface area contributed by atoms with Gasteiger partial charge in [0.2, 0.25) is 5.91 Å². The number of ether oxygens (including phenoxy) is 2. The van der Waals surface area contributed by atoms with Gasteiger partial charge in [0, 0.05) is 17.3 Å². The van der Waals surface area contributed by atoms with Crippen LogP contribution in [0.5, 0.6) is 11.5 Å². The van der Waals surface area contributed by atoms with Gasteiger partial charge in [0.05, 0.1) is 12.1 Å². The van der Waals surface area contributed by atoms with Gasteiger partial charge in [0.25, 0.3) is 0 Å². The molecule has 27 heavy (non-hydrogen) atoms. The first-order valence-corrected chi connectivity index (χ1v) is 8.81. The van der Waals surface area contributed by atoms with E-state index in [4.69, 9.17) is 14.0 Å². The zero-order valence-corrected chi connectivity index (χ0v) is 15.2. The number of nitrogens with zero attached hydrogens (tertiary/aromatic N) is 1. The number of amides is 1. The number of aromatic nitrogens is 1. The van der Waals surface area contributed by atoms with E-state index in [-0.39, 0.29) is 12.3 Å². The van der Waals surface area contributed by atoms with Crippen molar-refractivity contribution in [1.29, 1.82) is 0 Å². The average molecular weight is 364 g/mol. The highest BCUT2D eigenvalue weighted by Gasteiger charge is 2.16. The van der Waals surface area contributed by atoms with Gasteiger partial charge in [-0.15, -0.1) is 0 Å². The quantitative estimate of drug-likeness (QED) is 0.760. The van der Waals surface area contributed by atoms with E-state index in [1.165, 1.54) is 0 Å². The van der Waals surface area contributed by atoms with Crippen LogP contribution in [0.2, 0.25) is 0 Å². The van der Waals surface area contributed by atoms with E-state index in [1.807, 2.05) is 50.2 Å². The van der Waals surface area contributed by atoms with E-state index in [0.29, 0.717) is 30.4 Å². The van der Waals surface area contributed by atoms with Gasteiger partial charge in [-0.05, 0) is 43.7 Å². The first-order valence-electron chi connectivity index (χ1n) is 8.81. The zero-order valence-electron chi connectivity index (χ0n) is 15.2. The Morgan fingerprint density at radius 1 is 1.04 bits per heavy atom. The van der Waals surface area contributed by atoms with Crippen LogP contribution < -0.4 is 14.8 Å². The molecule has 0 atom stereocenters. The third-order valence-corrected chi connectivity index (χ3v) is 4.38. The lowest BCUT2D eigenvalue weighted by atomic mass is 10.1. The number of fused-ring (bicyclic) bond motifs is 1. The molecule has 0 bridgehead atoms. The molecule has 0 spiro atoms. The number of rotatable bonds is 4. The molecule has 0 saturated heterocycles. The number of benzene rings is 2. The summed E-state index contributed by atoms with van der Waals surface area (Å²) in [7, 11) is 0. The van der Waals surface area contributed by atoms with Crippen molar-refractivity contribution < 1.29 is 18.8 Å². The summed E-state index contributed by atoms with van der Waals surface area (Å²) in [6.07, 6.45) is 0.140. The van der Waals surface area contributed by atoms with Gasteiger partial charge in [-0.1, -0.05) is 22.9 Å². The fourth-order valence-electron chi connectivity index (χ4n) is 3.04. The van der Waals surface area contributed by atoms with Gasteiger partial charge < -0.3 is 19.3 Å². The van der Waals surface area contributed by atoms with Crippen LogP contribution >= 0.6 is 0 Å². The van der Waals surface area contributed by atoms with Crippen molar-refractivity contribution in [2.24, 2.45) is 0 Å². The van der Waals surface area contributed by atoms with Crippen molar-refractivity contribution in [3.05, 3.63) is 59.3 Å². The predicted octanol–water partition coefficient (Wildman–Crippen LogP) is 3.91. The first kappa shape index (κ1) is 17.1.